The second-order valence-corrected chi connectivity index (χ2v) is 8.36. The molecule has 0 saturated carbocycles. The Bertz CT molecular complexity index is 756. The van der Waals surface area contributed by atoms with E-state index >= 15 is 0 Å². The Morgan fingerprint density at radius 1 is 0.958 bits per heavy atom. The summed E-state index contributed by atoms with van der Waals surface area (Å²) in [6.07, 6.45) is 3.21. The molecule has 0 aliphatic heterocycles. The van der Waals surface area contributed by atoms with Gasteiger partial charge in [-0.2, -0.15) is 0 Å². The molecule has 24 heavy (non-hydrogen) atoms. The number of ketones is 1. The van der Waals surface area contributed by atoms with E-state index in [0.29, 0.717) is 11.1 Å². The highest BCUT2D eigenvalue weighted by Gasteiger charge is 2.41. The number of hydrogen-bond donors (Lipinski definition) is 1. The molecule has 1 unspecified atom stereocenters. The molecule has 1 aromatic carbocycles. The number of carbonyl (C=O) groups excluding carboxylic acids is 1. The van der Waals surface area contributed by atoms with Crippen LogP contribution in [0.3, 0.4) is 0 Å². The molecule has 2 heteroatoms. The van der Waals surface area contributed by atoms with E-state index < -0.39 is 5.60 Å². The first-order valence-corrected chi connectivity index (χ1v) is 8.24. The molecule has 1 aromatic rings. The zero-order chi connectivity index (χ0) is 18.2. The van der Waals surface area contributed by atoms with Gasteiger partial charge in [0.25, 0.3) is 0 Å². The van der Waals surface area contributed by atoms with Crippen LogP contribution in [0.15, 0.2) is 53.6 Å². The molecule has 0 heterocycles. The SMILES string of the molecule is CC(C)(C)C1=CC(O)(C#Cc2ccccc2)C(C(C)(C)C)=CC1=O. The number of allylic oxidation sites excluding steroid dienone is 2. The summed E-state index contributed by atoms with van der Waals surface area (Å²) in [4.78, 5) is 12.6. The van der Waals surface area contributed by atoms with Crippen LogP contribution >= 0.6 is 0 Å². The molecule has 1 aliphatic rings. The highest BCUT2D eigenvalue weighted by atomic mass is 16.3. The molecule has 1 aliphatic carbocycles. The molecule has 0 radical (unpaired) electrons. The maximum Gasteiger partial charge on any atom is 0.182 e. The van der Waals surface area contributed by atoms with Gasteiger partial charge in [-0.1, -0.05) is 71.6 Å². The van der Waals surface area contributed by atoms with E-state index in [1.54, 1.807) is 12.2 Å². The second-order valence-electron chi connectivity index (χ2n) is 8.36. The minimum Gasteiger partial charge on any atom is -0.370 e. The first-order valence-electron chi connectivity index (χ1n) is 8.24. The van der Waals surface area contributed by atoms with Crippen LogP contribution < -0.4 is 0 Å². The topological polar surface area (TPSA) is 37.3 Å². The van der Waals surface area contributed by atoms with Crippen molar-refractivity contribution in [3.05, 3.63) is 59.2 Å². The molecular weight excluding hydrogens is 296 g/mol. The minimum atomic E-state index is -1.44. The van der Waals surface area contributed by atoms with Crippen LogP contribution in [0.5, 0.6) is 0 Å². The number of hydrogen-bond acceptors (Lipinski definition) is 2. The lowest BCUT2D eigenvalue weighted by molar-refractivity contribution is -0.112. The Kier molecular flexibility index (Phi) is 4.61. The largest absolute Gasteiger partial charge is 0.370 e. The van der Waals surface area contributed by atoms with Crippen LogP contribution in [0.25, 0.3) is 0 Å². The van der Waals surface area contributed by atoms with Gasteiger partial charge in [-0.05, 0) is 40.7 Å². The number of rotatable bonds is 0. The normalized spacial score (nSPS) is 21.5. The van der Waals surface area contributed by atoms with Gasteiger partial charge in [-0.25, -0.2) is 0 Å². The predicted octanol–water partition coefficient (Wildman–Crippen LogP) is 4.30. The highest BCUT2D eigenvalue weighted by molar-refractivity contribution is 6.07. The lowest BCUT2D eigenvalue weighted by Gasteiger charge is -2.37. The van der Waals surface area contributed by atoms with Crippen molar-refractivity contribution in [2.45, 2.75) is 47.1 Å². The van der Waals surface area contributed by atoms with Gasteiger partial charge in [0.05, 0.1) is 0 Å². The van der Waals surface area contributed by atoms with Gasteiger partial charge in [-0.15, -0.1) is 0 Å². The summed E-state index contributed by atoms with van der Waals surface area (Å²) in [5.74, 6) is 6.01. The van der Waals surface area contributed by atoms with Crippen molar-refractivity contribution in [1.82, 2.24) is 0 Å². The van der Waals surface area contributed by atoms with E-state index in [4.69, 9.17) is 0 Å². The third kappa shape index (κ3) is 3.86. The molecule has 1 N–H and O–H groups in total. The van der Waals surface area contributed by atoms with Crippen molar-refractivity contribution in [2.75, 3.05) is 0 Å². The van der Waals surface area contributed by atoms with Crippen LogP contribution in [0.4, 0.5) is 0 Å². The number of benzene rings is 1. The fourth-order valence-corrected chi connectivity index (χ4v) is 2.84. The average Bonchev–Trinajstić information content (AvgIpc) is 2.46. The first kappa shape index (κ1) is 18.2. The Hall–Kier alpha value is -2.11. The summed E-state index contributed by atoms with van der Waals surface area (Å²) in [6.45, 7) is 11.9. The summed E-state index contributed by atoms with van der Waals surface area (Å²) in [5.41, 5.74) is -0.0849. The van der Waals surface area contributed by atoms with Crippen molar-refractivity contribution >= 4 is 5.78 Å². The monoisotopic (exact) mass is 322 g/mol. The van der Waals surface area contributed by atoms with Gasteiger partial charge >= 0.3 is 0 Å². The average molecular weight is 322 g/mol. The van der Waals surface area contributed by atoms with Crippen molar-refractivity contribution in [3.63, 3.8) is 0 Å². The molecule has 0 bridgehead atoms. The highest BCUT2D eigenvalue weighted by Crippen LogP contribution is 2.41. The van der Waals surface area contributed by atoms with Gasteiger partial charge in [0.1, 0.15) is 0 Å². The zero-order valence-corrected chi connectivity index (χ0v) is 15.4. The Morgan fingerprint density at radius 3 is 2.04 bits per heavy atom. The van der Waals surface area contributed by atoms with Crippen molar-refractivity contribution in [3.8, 4) is 11.8 Å². The Balaban J connectivity index is 2.60. The lowest BCUT2D eigenvalue weighted by atomic mass is 9.68. The summed E-state index contributed by atoms with van der Waals surface area (Å²) >= 11 is 0. The molecular formula is C22H26O2. The standard InChI is InChI=1S/C22H26O2/c1-20(2,3)17-15-22(24,13-12-16-10-8-7-9-11-16)19(14-18(17)23)21(4,5)6/h7-11,14-15,24H,1-6H3. The molecule has 0 saturated heterocycles. The van der Waals surface area contributed by atoms with Gasteiger partial charge < -0.3 is 5.11 Å². The second kappa shape index (κ2) is 6.07. The van der Waals surface area contributed by atoms with Gasteiger partial charge in [0, 0.05) is 11.1 Å². The molecule has 0 fully saturated rings. The van der Waals surface area contributed by atoms with E-state index in [1.807, 2.05) is 71.9 Å². The van der Waals surface area contributed by atoms with Gasteiger partial charge in [0.2, 0.25) is 0 Å². The Morgan fingerprint density at radius 2 is 1.54 bits per heavy atom. The van der Waals surface area contributed by atoms with Crippen LogP contribution in [0.1, 0.15) is 47.1 Å². The van der Waals surface area contributed by atoms with Crippen LogP contribution in [-0.2, 0) is 4.79 Å². The number of carbonyl (C=O) groups is 1. The summed E-state index contributed by atoms with van der Waals surface area (Å²) in [6, 6.07) is 9.56. The summed E-state index contributed by atoms with van der Waals surface area (Å²) in [7, 11) is 0. The van der Waals surface area contributed by atoms with Crippen molar-refractivity contribution in [2.24, 2.45) is 10.8 Å². The van der Waals surface area contributed by atoms with Crippen molar-refractivity contribution < 1.29 is 9.90 Å². The molecule has 126 valence electrons. The minimum absolute atomic E-state index is 0.0430. The third-order valence-electron chi connectivity index (χ3n) is 4.09. The smallest absolute Gasteiger partial charge is 0.182 e. The fourth-order valence-electron chi connectivity index (χ4n) is 2.84. The predicted molar refractivity (Wildman–Crippen MR) is 98.4 cm³/mol. The van der Waals surface area contributed by atoms with E-state index in [9.17, 15) is 9.90 Å². The Labute approximate surface area is 145 Å². The van der Waals surface area contributed by atoms with E-state index in [-0.39, 0.29) is 16.6 Å². The number of aliphatic hydroxyl groups is 1. The molecule has 2 rings (SSSR count). The molecule has 2 nitrogen and oxygen atoms in total. The maximum atomic E-state index is 12.6. The van der Waals surface area contributed by atoms with Crippen molar-refractivity contribution in [1.29, 1.82) is 0 Å². The molecule has 0 amide bonds. The lowest BCUT2D eigenvalue weighted by Crippen LogP contribution is -2.39. The van der Waals surface area contributed by atoms with E-state index in [2.05, 4.69) is 11.8 Å². The van der Waals surface area contributed by atoms with Crippen LogP contribution in [0, 0.1) is 22.7 Å². The van der Waals surface area contributed by atoms with E-state index in [0.717, 1.165) is 5.56 Å². The zero-order valence-electron chi connectivity index (χ0n) is 15.4. The molecule has 0 aromatic heterocycles. The molecule has 1 atom stereocenters. The fraction of sp³-hybridized carbons (Fsp3) is 0.409. The molecule has 0 spiro atoms. The summed E-state index contributed by atoms with van der Waals surface area (Å²) < 4.78 is 0. The van der Waals surface area contributed by atoms with E-state index in [1.165, 1.54) is 0 Å². The van der Waals surface area contributed by atoms with Crippen LogP contribution in [0.2, 0.25) is 0 Å². The van der Waals surface area contributed by atoms with Gasteiger partial charge in [-0.3, -0.25) is 4.79 Å². The summed E-state index contributed by atoms with van der Waals surface area (Å²) in [5, 5.41) is 11.3. The van der Waals surface area contributed by atoms with Crippen LogP contribution in [-0.4, -0.2) is 16.5 Å². The quantitative estimate of drug-likeness (QED) is 0.723. The maximum absolute atomic E-state index is 12.6. The third-order valence-corrected chi connectivity index (χ3v) is 4.09. The van der Waals surface area contributed by atoms with Gasteiger partial charge in [0.15, 0.2) is 11.4 Å². The first-order chi connectivity index (χ1) is 10.9.